The predicted octanol–water partition coefficient (Wildman–Crippen LogP) is 1.93. The lowest BCUT2D eigenvalue weighted by atomic mass is 9.84. The van der Waals surface area contributed by atoms with Gasteiger partial charge in [0.1, 0.15) is 6.10 Å². The first kappa shape index (κ1) is 8.27. The molecule has 0 N–H and O–H groups in total. The van der Waals surface area contributed by atoms with Gasteiger partial charge < -0.3 is 4.74 Å². The van der Waals surface area contributed by atoms with E-state index in [1.54, 1.807) is 0 Å². The van der Waals surface area contributed by atoms with Crippen LogP contribution in [0.25, 0.3) is 0 Å². The van der Waals surface area contributed by atoms with E-state index in [0.717, 1.165) is 0 Å². The predicted molar refractivity (Wildman–Crippen MR) is 52.4 cm³/mol. The molecule has 0 spiro atoms. The van der Waals surface area contributed by atoms with Crippen LogP contribution in [0.3, 0.4) is 0 Å². The molecule has 0 aromatic rings. The fraction of sp³-hybridized carbons (Fsp3) is 0.583. The van der Waals surface area contributed by atoms with Gasteiger partial charge >= 0.3 is 5.97 Å². The average molecular weight is 190 g/mol. The highest BCUT2D eigenvalue weighted by Gasteiger charge is 2.49. The molecule has 2 nitrogen and oxygen atoms in total. The van der Waals surface area contributed by atoms with E-state index in [1.807, 2.05) is 0 Å². The van der Waals surface area contributed by atoms with E-state index in [4.69, 9.17) is 4.74 Å². The normalized spacial score (nSPS) is 47.1. The second kappa shape index (κ2) is 2.72. The van der Waals surface area contributed by atoms with E-state index in [0.29, 0.717) is 23.7 Å². The largest absolute Gasteiger partial charge is 0.458 e. The molecule has 3 aliphatic rings. The third kappa shape index (κ3) is 0.999. The van der Waals surface area contributed by atoms with E-state index < -0.39 is 0 Å². The molecular formula is C12H14O2. The van der Waals surface area contributed by atoms with Crippen LogP contribution in [0, 0.1) is 23.7 Å². The Morgan fingerprint density at radius 3 is 2.79 bits per heavy atom. The summed E-state index contributed by atoms with van der Waals surface area (Å²) in [6.07, 6.45) is 10.2. The number of fused-ring (bicyclic) bond motifs is 5. The van der Waals surface area contributed by atoms with Gasteiger partial charge in [-0.1, -0.05) is 18.2 Å². The Morgan fingerprint density at radius 1 is 1.21 bits per heavy atom. The highest BCUT2D eigenvalue weighted by Crippen LogP contribution is 2.53. The third-order valence-corrected chi connectivity index (χ3v) is 3.79. The van der Waals surface area contributed by atoms with Gasteiger partial charge in [-0.25, -0.2) is 0 Å². The number of allylic oxidation sites excluding steroid dienone is 3. The van der Waals surface area contributed by atoms with Crippen molar-refractivity contribution in [3.05, 3.63) is 24.3 Å². The highest BCUT2D eigenvalue weighted by atomic mass is 16.5. The summed E-state index contributed by atoms with van der Waals surface area (Å²) in [5.74, 6) is 2.36. The van der Waals surface area contributed by atoms with Crippen LogP contribution in [-0.2, 0) is 9.53 Å². The summed E-state index contributed by atoms with van der Waals surface area (Å²) in [6, 6.07) is 0. The lowest BCUT2D eigenvalue weighted by molar-refractivity contribution is -0.146. The molecule has 1 saturated carbocycles. The minimum Gasteiger partial charge on any atom is -0.458 e. The fourth-order valence-electron chi connectivity index (χ4n) is 3.31. The van der Waals surface area contributed by atoms with Crippen LogP contribution in [0.2, 0.25) is 0 Å². The number of carbonyl (C=O) groups is 1. The molecule has 3 aliphatic carbocycles. The van der Waals surface area contributed by atoms with Crippen LogP contribution < -0.4 is 0 Å². The van der Waals surface area contributed by atoms with Crippen LogP contribution in [0.5, 0.6) is 0 Å². The number of hydrogen-bond donors (Lipinski definition) is 0. The summed E-state index contributed by atoms with van der Waals surface area (Å²) in [6.45, 7) is 1.49. The second-order valence-electron chi connectivity index (χ2n) is 4.56. The van der Waals surface area contributed by atoms with Crippen LogP contribution in [-0.4, -0.2) is 12.1 Å². The Kier molecular flexibility index (Phi) is 1.61. The standard InChI is InChI=1S/C12H14O2/c1-7(13)14-11-5-4-10-8-2-3-9(6-8)12(10)11/h2-5,8-12H,6H2,1H3/t8-,9+,10-,11+,12+/m0/s1. The topological polar surface area (TPSA) is 26.3 Å². The zero-order valence-corrected chi connectivity index (χ0v) is 8.22. The number of rotatable bonds is 1. The van der Waals surface area contributed by atoms with Gasteiger partial charge in [-0.15, -0.1) is 0 Å². The summed E-state index contributed by atoms with van der Waals surface area (Å²) in [7, 11) is 0. The molecule has 0 aromatic heterocycles. The summed E-state index contributed by atoms with van der Waals surface area (Å²) in [5, 5.41) is 0. The first-order chi connectivity index (χ1) is 6.75. The maximum atomic E-state index is 10.9. The molecule has 2 bridgehead atoms. The number of hydrogen-bond acceptors (Lipinski definition) is 2. The Labute approximate surface area is 83.6 Å². The van der Waals surface area contributed by atoms with Gasteiger partial charge in [-0.05, 0) is 30.3 Å². The van der Waals surface area contributed by atoms with E-state index in [-0.39, 0.29) is 12.1 Å². The first-order valence-corrected chi connectivity index (χ1v) is 5.29. The van der Waals surface area contributed by atoms with E-state index >= 15 is 0 Å². The Hall–Kier alpha value is -1.05. The SMILES string of the molecule is CC(=O)O[C@@H]1C=C[C@@H]2[C@H]1[C@@H]1C=C[C@H]2C1. The van der Waals surface area contributed by atoms with Crippen LogP contribution in [0.1, 0.15) is 13.3 Å². The second-order valence-corrected chi connectivity index (χ2v) is 4.56. The summed E-state index contributed by atoms with van der Waals surface area (Å²) in [4.78, 5) is 10.9. The van der Waals surface area contributed by atoms with E-state index in [1.165, 1.54) is 13.3 Å². The van der Waals surface area contributed by atoms with Gasteiger partial charge in [0.15, 0.2) is 0 Å². The van der Waals surface area contributed by atoms with Gasteiger partial charge in [-0.3, -0.25) is 4.79 Å². The van der Waals surface area contributed by atoms with Gasteiger partial charge in [0, 0.05) is 12.8 Å². The lowest BCUT2D eigenvalue weighted by Gasteiger charge is -2.25. The summed E-state index contributed by atoms with van der Waals surface area (Å²) in [5.41, 5.74) is 0. The van der Waals surface area contributed by atoms with E-state index in [9.17, 15) is 4.79 Å². The molecule has 0 unspecified atom stereocenters. The van der Waals surface area contributed by atoms with Crippen molar-refractivity contribution in [3.8, 4) is 0 Å². The van der Waals surface area contributed by atoms with Gasteiger partial charge in [0.2, 0.25) is 0 Å². The molecule has 2 heteroatoms. The molecule has 74 valence electrons. The fourth-order valence-corrected chi connectivity index (χ4v) is 3.31. The molecule has 0 saturated heterocycles. The van der Waals surface area contributed by atoms with Gasteiger partial charge in [0.05, 0.1) is 0 Å². The molecule has 0 radical (unpaired) electrons. The zero-order valence-electron chi connectivity index (χ0n) is 8.22. The van der Waals surface area contributed by atoms with Gasteiger partial charge in [0.25, 0.3) is 0 Å². The zero-order chi connectivity index (χ0) is 9.71. The van der Waals surface area contributed by atoms with Crippen molar-refractivity contribution in [2.45, 2.75) is 19.4 Å². The minimum absolute atomic E-state index is 0.0393. The lowest BCUT2D eigenvalue weighted by Crippen LogP contribution is -2.27. The van der Waals surface area contributed by atoms with Crippen molar-refractivity contribution in [2.75, 3.05) is 0 Å². The molecule has 0 amide bonds. The summed E-state index contributed by atoms with van der Waals surface area (Å²) < 4.78 is 5.32. The molecule has 3 rings (SSSR count). The Balaban J connectivity index is 1.82. The first-order valence-electron chi connectivity index (χ1n) is 5.29. The average Bonchev–Trinajstić information content (AvgIpc) is 2.74. The maximum Gasteiger partial charge on any atom is 0.303 e. The maximum absolute atomic E-state index is 10.9. The minimum atomic E-state index is -0.160. The Morgan fingerprint density at radius 2 is 2.00 bits per heavy atom. The van der Waals surface area contributed by atoms with Crippen molar-refractivity contribution in [1.82, 2.24) is 0 Å². The van der Waals surface area contributed by atoms with Crippen LogP contribution in [0.4, 0.5) is 0 Å². The van der Waals surface area contributed by atoms with Crippen molar-refractivity contribution in [2.24, 2.45) is 23.7 Å². The third-order valence-electron chi connectivity index (χ3n) is 3.79. The Bertz CT molecular complexity index is 329. The molecule has 5 atom stereocenters. The quantitative estimate of drug-likeness (QED) is 0.466. The number of carbonyl (C=O) groups excluding carboxylic acids is 1. The van der Waals surface area contributed by atoms with E-state index in [2.05, 4.69) is 24.3 Å². The molecule has 0 aromatic carbocycles. The molecule has 0 aliphatic heterocycles. The van der Waals surface area contributed by atoms with Crippen LogP contribution >= 0.6 is 0 Å². The molecule has 0 heterocycles. The molecule has 1 fully saturated rings. The van der Waals surface area contributed by atoms with Crippen molar-refractivity contribution in [3.63, 3.8) is 0 Å². The number of ether oxygens (including phenoxy) is 1. The van der Waals surface area contributed by atoms with Gasteiger partial charge in [-0.2, -0.15) is 0 Å². The number of esters is 1. The highest BCUT2D eigenvalue weighted by molar-refractivity contribution is 5.66. The molecular weight excluding hydrogens is 176 g/mol. The van der Waals surface area contributed by atoms with Crippen LogP contribution in [0.15, 0.2) is 24.3 Å². The summed E-state index contributed by atoms with van der Waals surface area (Å²) >= 11 is 0. The molecule has 14 heavy (non-hydrogen) atoms. The van der Waals surface area contributed by atoms with Crippen molar-refractivity contribution in [1.29, 1.82) is 0 Å². The van der Waals surface area contributed by atoms with Crippen molar-refractivity contribution < 1.29 is 9.53 Å². The van der Waals surface area contributed by atoms with Crippen molar-refractivity contribution >= 4 is 5.97 Å². The smallest absolute Gasteiger partial charge is 0.303 e. The monoisotopic (exact) mass is 190 g/mol.